The van der Waals surface area contributed by atoms with Crippen molar-refractivity contribution in [3.05, 3.63) is 44.7 Å². The molecule has 16 heavy (non-hydrogen) atoms. The van der Waals surface area contributed by atoms with Crippen LogP contribution < -0.4 is 5.63 Å². The molecule has 0 saturated carbocycles. The molecule has 0 aliphatic heterocycles. The number of hydrogen-bond donors (Lipinski definition) is 0. The highest BCUT2D eigenvalue weighted by molar-refractivity contribution is 9.10. The van der Waals surface area contributed by atoms with E-state index in [0.29, 0.717) is 21.0 Å². The van der Waals surface area contributed by atoms with E-state index in [1.54, 1.807) is 18.2 Å². The van der Waals surface area contributed by atoms with Gasteiger partial charge in [0.15, 0.2) is 0 Å². The fraction of sp³-hybridized carbons (Fsp3) is 0.0909. The first kappa shape index (κ1) is 10.9. The van der Waals surface area contributed by atoms with Gasteiger partial charge >= 0.3 is 11.6 Å². The zero-order chi connectivity index (χ0) is 11.7. The van der Waals surface area contributed by atoms with Gasteiger partial charge < -0.3 is 9.15 Å². The molecule has 2 aromatic rings. The van der Waals surface area contributed by atoms with Gasteiger partial charge in [0.25, 0.3) is 0 Å². The van der Waals surface area contributed by atoms with Crippen molar-refractivity contribution in [1.29, 1.82) is 0 Å². The third-order valence-corrected chi connectivity index (χ3v) is 2.57. The Labute approximate surface area is 99.0 Å². The number of hydrogen-bond acceptors (Lipinski definition) is 4. The highest BCUT2D eigenvalue weighted by atomic mass is 79.9. The van der Waals surface area contributed by atoms with Crippen LogP contribution >= 0.6 is 15.9 Å². The molecular weight excluding hydrogens is 276 g/mol. The lowest BCUT2D eigenvalue weighted by Crippen LogP contribution is -2.04. The summed E-state index contributed by atoms with van der Waals surface area (Å²) in [5.41, 5.74) is 0.249. The summed E-state index contributed by atoms with van der Waals surface area (Å²) in [5, 5.41) is 0.551. The Balaban J connectivity index is 2.82. The van der Waals surface area contributed by atoms with E-state index in [2.05, 4.69) is 20.7 Å². The van der Waals surface area contributed by atoms with Crippen molar-refractivity contribution >= 4 is 32.9 Å². The molecule has 0 spiro atoms. The van der Waals surface area contributed by atoms with E-state index in [1.165, 1.54) is 13.2 Å². The van der Waals surface area contributed by atoms with Gasteiger partial charge in [-0.1, -0.05) is 15.9 Å². The van der Waals surface area contributed by atoms with Gasteiger partial charge in [-0.25, -0.2) is 9.59 Å². The summed E-state index contributed by atoms with van der Waals surface area (Å²) in [7, 11) is 1.30. The first-order valence-electron chi connectivity index (χ1n) is 4.43. The van der Waals surface area contributed by atoms with Crippen LogP contribution in [0.3, 0.4) is 0 Å². The number of methoxy groups -OCH3 is 1. The smallest absolute Gasteiger partial charge is 0.338 e. The minimum Gasteiger partial charge on any atom is -0.465 e. The van der Waals surface area contributed by atoms with E-state index in [9.17, 15) is 9.59 Å². The molecule has 0 fully saturated rings. The van der Waals surface area contributed by atoms with Gasteiger partial charge in [-0.3, -0.25) is 0 Å². The first-order chi connectivity index (χ1) is 7.61. The fourth-order valence-corrected chi connectivity index (χ4v) is 1.86. The predicted molar refractivity (Wildman–Crippen MR) is 61.5 cm³/mol. The lowest BCUT2D eigenvalue weighted by Gasteiger charge is -2.04. The maximum absolute atomic E-state index is 11.5. The molecule has 0 amide bonds. The number of ether oxygens (including phenoxy) is 1. The molecule has 82 valence electrons. The Hall–Kier alpha value is -1.62. The molecule has 2 rings (SSSR count). The van der Waals surface area contributed by atoms with Crippen molar-refractivity contribution in [1.82, 2.24) is 0 Å². The molecule has 0 bridgehead atoms. The Kier molecular flexibility index (Phi) is 2.78. The maximum atomic E-state index is 11.5. The van der Waals surface area contributed by atoms with E-state index in [4.69, 9.17) is 4.42 Å². The number of benzene rings is 1. The van der Waals surface area contributed by atoms with Crippen LogP contribution in [0.25, 0.3) is 11.0 Å². The Bertz CT molecular complexity index is 615. The van der Waals surface area contributed by atoms with Crippen molar-refractivity contribution in [3.63, 3.8) is 0 Å². The molecule has 0 radical (unpaired) electrons. The van der Waals surface area contributed by atoms with E-state index >= 15 is 0 Å². The minimum atomic E-state index is -0.472. The Morgan fingerprint density at radius 1 is 1.38 bits per heavy atom. The molecular formula is C11H7BrO4. The molecule has 0 aliphatic rings. The van der Waals surface area contributed by atoms with E-state index < -0.39 is 11.6 Å². The summed E-state index contributed by atoms with van der Waals surface area (Å²) < 4.78 is 10.3. The van der Waals surface area contributed by atoms with Gasteiger partial charge in [0, 0.05) is 15.9 Å². The normalized spacial score (nSPS) is 10.4. The average Bonchev–Trinajstić information content (AvgIpc) is 2.26. The first-order valence-corrected chi connectivity index (χ1v) is 5.23. The monoisotopic (exact) mass is 282 g/mol. The summed E-state index contributed by atoms with van der Waals surface area (Å²) in [4.78, 5) is 22.5. The van der Waals surface area contributed by atoms with Crippen molar-refractivity contribution < 1.29 is 13.9 Å². The van der Waals surface area contributed by atoms with Gasteiger partial charge in [-0.05, 0) is 18.2 Å². The van der Waals surface area contributed by atoms with E-state index in [-0.39, 0.29) is 0 Å². The van der Waals surface area contributed by atoms with Crippen LogP contribution in [0.4, 0.5) is 0 Å². The minimum absolute atomic E-state index is 0.349. The molecule has 0 atom stereocenters. The molecule has 0 N–H and O–H groups in total. The van der Waals surface area contributed by atoms with Crippen LogP contribution in [-0.4, -0.2) is 13.1 Å². The lowest BCUT2D eigenvalue weighted by atomic mass is 10.1. The molecule has 1 aromatic carbocycles. The Morgan fingerprint density at radius 3 is 2.81 bits per heavy atom. The fourth-order valence-electron chi connectivity index (χ4n) is 1.42. The second kappa shape index (κ2) is 4.09. The van der Waals surface area contributed by atoms with Gasteiger partial charge in [0.05, 0.1) is 12.7 Å². The second-order valence-electron chi connectivity index (χ2n) is 3.11. The van der Waals surface area contributed by atoms with Crippen LogP contribution in [0.1, 0.15) is 10.4 Å². The van der Waals surface area contributed by atoms with E-state index in [1.807, 2.05) is 0 Å². The number of fused-ring (bicyclic) bond motifs is 1. The second-order valence-corrected chi connectivity index (χ2v) is 4.03. The van der Waals surface area contributed by atoms with Crippen LogP contribution in [0, 0.1) is 0 Å². The predicted octanol–water partition coefficient (Wildman–Crippen LogP) is 2.34. The van der Waals surface area contributed by atoms with Crippen LogP contribution in [0.2, 0.25) is 0 Å². The summed E-state index contributed by atoms with van der Waals surface area (Å²) >= 11 is 3.24. The molecule has 1 heterocycles. The third-order valence-electron chi connectivity index (χ3n) is 2.11. The molecule has 0 saturated heterocycles. The average molecular weight is 283 g/mol. The van der Waals surface area contributed by atoms with Crippen LogP contribution in [0.15, 0.2) is 37.9 Å². The number of carbonyl (C=O) groups is 1. The molecule has 0 unspecified atom stereocenters. The maximum Gasteiger partial charge on any atom is 0.338 e. The largest absolute Gasteiger partial charge is 0.465 e. The number of rotatable bonds is 1. The summed E-state index contributed by atoms with van der Waals surface area (Å²) in [5.74, 6) is -0.472. The van der Waals surface area contributed by atoms with Crippen molar-refractivity contribution in [2.75, 3.05) is 7.11 Å². The number of carbonyl (C=O) groups excluding carboxylic acids is 1. The lowest BCUT2D eigenvalue weighted by molar-refractivity contribution is 0.0603. The van der Waals surface area contributed by atoms with Crippen molar-refractivity contribution in [2.45, 2.75) is 0 Å². The van der Waals surface area contributed by atoms with Crippen LogP contribution in [-0.2, 0) is 4.74 Å². The highest BCUT2D eigenvalue weighted by Gasteiger charge is 2.12. The SMILES string of the molecule is COC(=O)c1cc(Br)cc2oc(=O)ccc12. The molecule has 1 aromatic heterocycles. The quantitative estimate of drug-likeness (QED) is 0.595. The number of halogens is 1. The van der Waals surface area contributed by atoms with Gasteiger partial charge in [0.1, 0.15) is 5.58 Å². The molecule has 5 heteroatoms. The third kappa shape index (κ3) is 1.86. The topological polar surface area (TPSA) is 56.5 Å². The zero-order valence-corrected chi connectivity index (χ0v) is 9.91. The van der Waals surface area contributed by atoms with Crippen molar-refractivity contribution in [2.24, 2.45) is 0 Å². The summed E-state index contributed by atoms with van der Waals surface area (Å²) in [6.07, 6.45) is 0. The van der Waals surface area contributed by atoms with E-state index in [0.717, 1.165) is 0 Å². The Morgan fingerprint density at radius 2 is 2.12 bits per heavy atom. The zero-order valence-electron chi connectivity index (χ0n) is 8.32. The molecule has 4 nitrogen and oxygen atoms in total. The summed E-state index contributed by atoms with van der Waals surface area (Å²) in [6, 6.07) is 6.06. The highest BCUT2D eigenvalue weighted by Crippen LogP contribution is 2.23. The van der Waals surface area contributed by atoms with Crippen molar-refractivity contribution in [3.8, 4) is 0 Å². The molecule has 0 aliphatic carbocycles. The summed E-state index contributed by atoms with van der Waals surface area (Å²) in [6.45, 7) is 0. The van der Waals surface area contributed by atoms with Crippen LogP contribution in [0.5, 0.6) is 0 Å². The van der Waals surface area contributed by atoms with Gasteiger partial charge in [-0.15, -0.1) is 0 Å². The number of esters is 1. The standard InChI is InChI=1S/C11H7BrO4/c1-15-11(14)8-4-6(12)5-9-7(8)2-3-10(13)16-9/h2-5H,1H3. The van der Waals surface area contributed by atoms with Gasteiger partial charge in [0.2, 0.25) is 0 Å². The van der Waals surface area contributed by atoms with Gasteiger partial charge in [-0.2, -0.15) is 0 Å².